The fraction of sp³-hybridized carbons (Fsp3) is 0.706. The minimum absolute atomic E-state index is 0.0262. The normalized spacial score (nSPS) is 18.5. The molecule has 1 aromatic heterocycles. The topological polar surface area (TPSA) is 55.3 Å². The lowest BCUT2D eigenvalue weighted by Crippen LogP contribution is -2.46. The average molecular weight is 305 g/mol. The molecule has 0 radical (unpaired) electrons. The number of amides is 1. The Labute approximate surface area is 133 Å². The molecule has 1 aliphatic rings. The third kappa shape index (κ3) is 4.68. The van der Waals surface area contributed by atoms with Crippen molar-refractivity contribution in [3.8, 4) is 5.88 Å². The summed E-state index contributed by atoms with van der Waals surface area (Å²) in [5, 5.41) is 0. The summed E-state index contributed by atoms with van der Waals surface area (Å²) in [6, 6.07) is 0. The van der Waals surface area contributed by atoms with Gasteiger partial charge >= 0.3 is 0 Å². The highest BCUT2D eigenvalue weighted by atomic mass is 16.5. The number of aromatic nitrogens is 2. The van der Waals surface area contributed by atoms with Crippen molar-refractivity contribution >= 4 is 5.91 Å². The van der Waals surface area contributed by atoms with Crippen molar-refractivity contribution < 1.29 is 9.53 Å². The summed E-state index contributed by atoms with van der Waals surface area (Å²) >= 11 is 0. The second-order valence-electron chi connectivity index (χ2n) is 5.98. The Morgan fingerprint density at radius 1 is 1.36 bits per heavy atom. The summed E-state index contributed by atoms with van der Waals surface area (Å²) in [5.74, 6) is 1.02. The van der Waals surface area contributed by atoms with Crippen LogP contribution in [0, 0.1) is 5.92 Å². The predicted octanol–water partition coefficient (Wildman–Crippen LogP) is 3.06. The zero-order chi connectivity index (χ0) is 15.8. The lowest BCUT2D eigenvalue weighted by Gasteiger charge is -2.34. The van der Waals surface area contributed by atoms with E-state index >= 15 is 0 Å². The molecule has 2 rings (SSSR count). The van der Waals surface area contributed by atoms with Gasteiger partial charge in [0.05, 0.1) is 12.7 Å². The summed E-state index contributed by atoms with van der Waals surface area (Å²) in [4.78, 5) is 22.9. The summed E-state index contributed by atoms with van der Waals surface area (Å²) < 4.78 is 5.87. The number of nitrogens with zero attached hydrogens (tertiary/aromatic N) is 3. The number of hydrogen-bond donors (Lipinski definition) is 0. The lowest BCUT2D eigenvalue weighted by atomic mass is 9.95. The summed E-state index contributed by atoms with van der Waals surface area (Å²) in [7, 11) is 0. The van der Waals surface area contributed by atoms with Gasteiger partial charge in [-0.05, 0) is 25.7 Å². The molecule has 1 aromatic rings. The molecule has 1 atom stereocenters. The van der Waals surface area contributed by atoms with Crippen molar-refractivity contribution in [2.24, 2.45) is 5.92 Å². The Bertz CT molecular complexity index is 446. The van der Waals surface area contributed by atoms with Crippen LogP contribution in [0.5, 0.6) is 5.88 Å². The van der Waals surface area contributed by atoms with Gasteiger partial charge in [0.1, 0.15) is 6.10 Å². The molecule has 5 nitrogen and oxygen atoms in total. The first-order valence-electron chi connectivity index (χ1n) is 8.46. The smallest absolute Gasteiger partial charge is 0.232 e. The van der Waals surface area contributed by atoms with Gasteiger partial charge in [-0.15, -0.1) is 0 Å². The molecule has 122 valence electrons. The van der Waals surface area contributed by atoms with Gasteiger partial charge in [0.25, 0.3) is 0 Å². The second kappa shape index (κ2) is 8.71. The average Bonchev–Trinajstić information content (AvgIpc) is 2.55. The molecule has 2 heterocycles. The van der Waals surface area contributed by atoms with Gasteiger partial charge in [0.15, 0.2) is 0 Å². The van der Waals surface area contributed by atoms with Crippen LogP contribution < -0.4 is 4.74 Å². The molecule has 22 heavy (non-hydrogen) atoms. The molecular formula is C17H27N3O2. The molecule has 0 aliphatic carbocycles. The van der Waals surface area contributed by atoms with Crippen LogP contribution in [-0.2, 0) is 4.79 Å². The fourth-order valence-corrected chi connectivity index (χ4v) is 3.10. The van der Waals surface area contributed by atoms with E-state index in [1.807, 2.05) is 4.90 Å². The molecule has 1 fully saturated rings. The van der Waals surface area contributed by atoms with Gasteiger partial charge in [-0.3, -0.25) is 9.78 Å². The number of carbonyl (C=O) groups is 1. The summed E-state index contributed by atoms with van der Waals surface area (Å²) in [6.07, 6.45) is 10.9. The minimum Gasteiger partial charge on any atom is -0.471 e. The van der Waals surface area contributed by atoms with E-state index in [0.717, 1.165) is 45.1 Å². The van der Waals surface area contributed by atoms with Crippen molar-refractivity contribution in [3.05, 3.63) is 18.6 Å². The van der Waals surface area contributed by atoms with Gasteiger partial charge in [0, 0.05) is 24.9 Å². The first-order valence-corrected chi connectivity index (χ1v) is 8.46. The Kier molecular flexibility index (Phi) is 6.62. The molecular weight excluding hydrogens is 278 g/mol. The van der Waals surface area contributed by atoms with E-state index in [1.54, 1.807) is 18.6 Å². The molecule has 0 spiro atoms. The van der Waals surface area contributed by atoms with Crippen molar-refractivity contribution in [1.82, 2.24) is 14.9 Å². The molecule has 0 aromatic carbocycles. The Balaban J connectivity index is 1.92. The van der Waals surface area contributed by atoms with E-state index in [0.29, 0.717) is 18.3 Å². The number of carbonyl (C=O) groups excluding carboxylic acids is 1. The lowest BCUT2D eigenvalue weighted by molar-refractivity contribution is -0.138. The van der Waals surface area contributed by atoms with Crippen LogP contribution in [0.4, 0.5) is 0 Å². The van der Waals surface area contributed by atoms with Gasteiger partial charge in [-0.1, -0.05) is 26.7 Å². The number of rotatable bonds is 7. The summed E-state index contributed by atoms with van der Waals surface area (Å²) in [6.45, 7) is 5.81. The van der Waals surface area contributed by atoms with Crippen molar-refractivity contribution in [3.63, 3.8) is 0 Å². The van der Waals surface area contributed by atoms with Gasteiger partial charge in [-0.2, -0.15) is 0 Å². The van der Waals surface area contributed by atoms with Crippen LogP contribution in [0.3, 0.4) is 0 Å². The van der Waals surface area contributed by atoms with Crippen molar-refractivity contribution in [2.75, 3.05) is 13.1 Å². The minimum atomic E-state index is 0.0262. The maximum Gasteiger partial charge on any atom is 0.232 e. The zero-order valence-electron chi connectivity index (χ0n) is 13.7. The Morgan fingerprint density at radius 2 is 2.14 bits per heavy atom. The monoisotopic (exact) mass is 305 g/mol. The van der Waals surface area contributed by atoms with E-state index in [9.17, 15) is 4.79 Å². The van der Waals surface area contributed by atoms with Gasteiger partial charge < -0.3 is 9.64 Å². The molecule has 0 saturated carbocycles. The van der Waals surface area contributed by atoms with Gasteiger partial charge in [-0.25, -0.2) is 4.98 Å². The molecule has 0 bridgehead atoms. The zero-order valence-corrected chi connectivity index (χ0v) is 13.7. The van der Waals surface area contributed by atoms with Gasteiger partial charge in [0.2, 0.25) is 11.8 Å². The third-order valence-corrected chi connectivity index (χ3v) is 4.14. The van der Waals surface area contributed by atoms with Crippen LogP contribution in [0.25, 0.3) is 0 Å². The van der Waals surface area contributed by atoms with Crippen LogP contribution in [0.1, 0.15) is 52.4 Å². The van der Waals surface area contributed by atoms with Crippen molar-refractivity contribution in [1.29, 1.82) is 0 Å². The van der Waals surface area contributed by atoms with E-state index in [1.165, 1.54) is 0 Å². The second-order valence-corrected chi connectivity index (χ2v) is 5.98. The molecule has 1 unspecified atom stereocenters. The highest BCUT2D eigenvalue weighted by molar-refractivity contribution is 5.79. The number of ether oxygens (including phenoxy) is 1. The third-order valence-electron chi connectivity index (χ3n) is 4.14. The van der Waals surface area contributed by atoms with E-state index in [2.05, 4.69) is 23.8 Å². The highest BCUT2D eigenvalue weighted by Gasteiger charge is 2.29. The molecule has 1 amide bonds. The molecule has 5 heteroatoms. The quantitative estimate of drug-likeness (QED) is 0.777. The Hall–Kier alpha value is -1.65. The van der Waals surface area contributed by atoms with E-state index < -0.39 is 0 Å². The largest absolute Gasteiger partial charge is 0.471 e. The van der Waals surface area contributed by atoms with Crippen LogP contribution in [-0.4, -0.2) is 40.0 Å². The molecule has 1 saturated heterocycles. The molecule has 1 aliphatic heterocycles. The van der Waals surface area contributed by atoms with E-state index in [4.69, 9.17) is 4.74 Å². The predicted molar refractivity (Wildman–Crippen MR) is 85.6 cm³/mol. The number of likely N-dealkylation sites (tertiary alicyclic amines) is 1. The SMILES string of the molecule is CCCC(CCC)C(=O)N1CCCC(Oc2cnccn2)C1. The first kappa shape index (κ1) is 16.7. The Morgan fingerprint density at radius 3 is 2.77 bits per heavy atom. The van der Waals surface area contributed by atoms with Crippen LogP contribution in [0.2, 0.25) is 0 Å². The van der Waals surface area contributed by atoms with Crippen LogP contribution in [0.15, 0.2) is 18.6 Å². The standard InChI is InChI=1S/C17H27N3O2/c1-3-6-14(7-4-2)17(21)20-11-5-8-15(13-20)22-16-12-18-9-10-19-16/h9-10,12,14-15H,3-8,11,13H2,1-2H3. The maximum absolute atomic E-state index is 12.7. The highest BCUT2D eigenvalue weighted by Crippen LogP contribution is 2.21. The number of piperidine rings is 1. The summed E-state index contributed by atoms with van der Waals surface area (Å²) in [5.41, 5.74) is 0. The van der Waals surface area contributed by atoms with Crippen LogP contribution >= 0.6 is 0 Å². The first-order chi connectivity index (χ1) is 10.7. The number of hydrogen-bond acceptors (Lipinski definition) is 4. The van der Waals surface area contributed by atoms with E-state index in [-0.39, 0.29) is 12.0 Å². The maximum atomic E-state index is 12.7. The molecule has 0 N–H and O–H groups in total. The van der Waals surface area contributed by atoms with Crippen molar-refractivity contribution in [2.45, 2.75) is 58.5 Å². The fourth-order valence-electron chi connectivity index (χ4n) is 3.10.